The summed E-state index contributed by atoms with van der Waals surface area (Å²) in [6, 6.07) is 2.66. The summed E-state index contributed by atoms with van der Waals surface area (Å²) in [5, 5.41) is 3.22. The predicted octanol–water partition coefficient (Wildman–Crippen LogP) is 2.29. The summed E-state index contributed by atoms with van der Waals surface area (Å²) in [6.07, 6.45) is 6.85. The Bertz CT molecular complexity index is 336. The zero-order valence-corrected chi connectivity index (χ0v) is 10.1. The molecule has 1 aliphatic rings. The van der Waals surface area contributed by atoms with Crippen molar-refractivity contribution >= 4 is 11.8 Å². The number of nitrogens with one attached hydrogen (secondary N) is 1. The van der Waals surface area contributed by atoms with Crippen molar-refractivity contribution in [3.63, 3.8) is 0 Å². The molecule has 0 saturated heterocycles. The smallest absolute Gasteiger partial charge is 0.224 e. The summed E-state index contributed by atoms with van der Waals surface area (Å²) in [5.74, 6) is 1.77. The van der Waals surface area contributed by atoms with Crippen LogP contribution < -0.4 is 10.2 Å². The van der Waals surface area contributed by atoms with Crippen LogP contribution in [0.4, 0.5) is 11.8 Å². The van der Waals surface area contributed by atoms with Crippen LogP contribution in [0.1, 0.15) is 32.6 Å². The number of hydrogen-bond acceptors (Lipinski definition) is 4. The second kappa shape index (κ2) is 5.14. The minimum absolute atomic E-state index is 0.675. The molecule has 4 nitrogen and oxygen atoms in total. The van der Waals surface area contributed by atoms with Gasteiger partial charge in [-0.15, -0.1) is 0 Å². The maximum atomic E-state index is 4.52. The van der Waals surface area contributed by atoms with E-state index in [2.05, 4.69) is 34.2 Å². The van der Waals surface area contributed by atoms with Gasteiger partial charge in [0.05, 0.1) is 0 Å². The molecule has 1 aromatic rings. The van der Waals surface area contributed by atoms with Gasteiger partial charge in [-0.3, -0.25) is 0 Å². The van der Waals surface area contributed by atoms with E-state index in [0.717, 1.165) is 24.7 Å². The third kappa shape index (κ3) is 2.43. The van der Waals surface area contributed by atoms with Gasteiger partial charge in [-0.05, 0) is 31.7 Å². The molecule has 1 aromatic heterocycles. The van der Waals surface area contributed by atoms with Crippen LogP contribution in [0.2, 0.25) is 0 Å². The molecule has 0 bridgehead atoms. The molecule has 0 amide bonds. The first-order valence-electron chi connectivity index (χ1n) is 6.11. The third-order valence-electron chi connectivity index (χ3n) is 3.16. The Morgan fingerprint density at radius 3 is 2.94 bits per heavy atom. The molecule has 1 heterocycles. The highest BCUT2D eigenvalue weighted by molar-refractivity contribution is 5.43. The fraction of sp³-hybridized carbons (Fsp3) is 0.667. The van der Waals surface area contributed by atoms with E-state index in [9.17, 15) is 0 Å². The van der Waals surface area contributed by atoms with Crippen molar-refractivity contribution < 1.29 is 0 Å². The second-order valence-corrected chi connectivity index (χ2v) is 4.36. The second-order valence-electron chi connectivity index (χ2n) is 4.36. The van der Waals surface area contributed by atoms with Crippen LogP contribution in [0.5, 0.6) is 0 Å². The summed E-state index contributed by atoms with van der Waals surface area (Å²) in [7, 11) is 2.12. The summed E-state index contributed by atoms with van der Waals surface area (Å²) in [6.45, 7) is 3.06. The van der Waals surface area contributed by atoms with E-state index in [0.29, 0.717) is 6.04 Å². The van der Waals surface area contributed by atoms with E-state index in [-0.39, 0.29) is 0 Å². The highest BCUT2D eigenvalue weighted by Gasteiger charge is 2.23. The quantitative estimate of drug-likeness (QED) is 0.826. The van der Waals surface area contributed by atoms with E-state index < -0.39 is 0 Å². The van der Waals surface area contributed by atoms with Crippen LogP contribution in [-0.2, 0) is 0 Å². The van der Waals surface area contributed by atoms with Crippen molar-refractivity contribution in [3.05, 3.63) is 12.3 Å². The number of rotatable bonds is 5. The van der Waals surface area contributed by atoms with Gasteiger partial charge in [0.25, 0.3) is 0 Å². The van der Waals surface area contributed by atoms with Gasteiger partial charge in [-0.1, -0.05) is 6.92 Å². The molecule has 0 atom stereocenters. The Labute approximate surface area is 97.1 Å². The van der Waals surface area contributed by atoms with Gasteiger partial charge in [-0.2, -0.15) is 4.98 Å². The minimum Gasteiger partial charge on any atom is -0.357 e. The molecule has 0 unspecified atom stereocenters. The van der Waals surface area contributed by atoms with Gasteiger partial charge < -0.3 is 10.2 Å². The van der Waals surface area contributed by atoms with E-state index in [1.807, 2.05) is 12.3 Å². The Morgan fingerprint density at radius 2 is 2.31 bits per heavy atom. The maximum absolute atomic E-state index is 4.52. The lowest BCUT2D eigenvalue weighted by molar-refractivity contribution is 0.399. The Morgan fingerprint density at radius 1 is 1.50 bits per heavy atom. The number of anilines is 2. The van der Waals surface area contributed by atoms with Crippen LogP contribution in [0.3, 0.4) is 0 Å². The Hall–Kier alpha value is -1.32. The molecule has 2 rings (SSSR count). The predicted molar refractivity (Wildman–Crippen MR) is 66.9 cm³/mol. The molecule has 0 radical (unpaired) electrons. The first-order chi connectivity index (χ1) is 7.81. The largest absolute Gasteiger partial charge is 0.357 e. The maximum Gasteiger partial charge on any atom is 0.224 e. The normalized spacial score (nSPS) is 15.6. The summed E-state index contributed by atoms with van der Waals surface area (Å²) in [4.78, 5) is 11.0. The monoisotopic (exact) mass is 220 g/mol. The minimum atomic E-state index is 0.675. The average Bonchev–Trinajstić information content (AvgIpc) is 2.24. The van der Waals surface area contributed by atoms with Crippen molar-refractivity contribution in [1.29, 1.82) is 0 Å². The van der Waals surface area contributed by atoms with Crippen molar-refractivity contribution in [2.24, 2.45) is 0 Å². The molecule has 0 aromatic carbocycles. The average molecular weight is 220 g/mol. The summed E-state index contributed by atoms with van der Waals surface area (Å²) < 4.78 is 0. The molecule has 1 saturated carbocycles. The van der Waals surface area contributed by atoms with Crippen LogP contribution in [0, 0.1) is 0 Å². The van der Waals surface area contributed by atoms with E-state index in [1.54, 1.807) is 0 Å². The highest BCUT2D eigenvalue weighted by atomic mass is 15.2. The number of nitrogens with zero attached hydrogens (tertiary/aromatic N) is 3. The van der Waals surface area contributed by atoms with E-state index in [4.69, 9.17) is 0 Å². The fourth-order valence-corrected chi connectivity index (χ4v) is 1.83. The van der Waals surface area contributed by atoms with Crippen molar-refractivity contribution in [3.8, 4) is 0 Å². The van der Waals surface area contributed by atoms with Gasteiger partial charge in [-0.25, -0.2) is 4.98 Å². The standard InChI is InChI=1S/C12H20N4/c1-3-8-13-12-14-9-7-11(15-12)16(2)10-5-4-6-10/h7,9-10H,3-6,8H2,1-2H3,(H,13,14,15). The van der Waals surface area contributed by atoms with Crippen molar-refractivity contribution in [2.75, 3.05) is 23.8 Å². The molecule has 0 spiro atoms. The molecule has 1 aliphatic carbocycles. The van der Waals surface area contributed by atoms with Crippen LogP contribution in [-0.4, -0.2) is 29.6 Å². The molecular weight excluding hydrogens is 200 g/mol. The topological polar surface area (TPSA) is 41.1 Å². The van der Waals surface area contributed by atoms with Gasteiger partial charge in [0.1, 0.15) is 5.82 Å². The van der Waals surface area contributed by atoms with Crippen LogP contribution in [0.25, 0.3) is 0 Å². The summed E-state index contributed by atoms with van der Waals surface area (Å²) in [5.41, 5.74) is 0. The van der Waals surface area contributed by atoms with Crippen LogP contribution >= 0.6 is 0 Å². The summed E-state index contributed by atoms with van der Waals surface area (Å²) >= 11 is 0. The molecule has 1 fully saturated rings. The SMILES string of the molecule is CCCNc1nccc(N(C)C2CCC2)n1. The fourth-order valence-electron chi connectivity index (χ4n) is 1.83. The number of hydrogen-bond donors (Lipinski definition) is 1. The molecular formula is C12H20N4. The third-order valence-corrected chi connectivity index (χ3v) is 3.16. The van der Waals surface area contributed by atoms with Crippen molar-refractivity contribution in [1.82, 2.24) is 9.97 Å². The molecule has 16 heavy (non-hydrogen) atoms. The highest BCUT2D eigenvalue weighted by Crippen LogP contribution is 2.27. The zero-order valence-electron chi connectivity index (χ0n) is 10.1. The van der Waals surface area contributed by atoms with Gasteiger partial charge in [0.15, 0.2) is 0 Å². The van der Waals surface area contributed by atoms with Gasteiger partial charge in [0, 0.05) is 25.8 Å². The Kier molecular flexibility index (Phi) is 3.59. The van der Waals surface area contributed by atoms with E-state index in [1.165, 1.54) is 19.3 Å². The lowest BCUT2D eigenvalue weighted by Crippen LogP contribution is -2.37. The molecule has 1 N–H and O–H groups in total. The lowest BCUT2D eigenvalue weighted by Gasteiger charge is -2.35. The van der Waals surface area contributed by atoms with Gasteiger partial charge in [0.2, 0.25) is 5.95 Å². The van der Waals surface area contributed by atoms with E-state index >= 15 is 0 Å². The van der Waals surface area contributed by atoms with Crippen LogP contribution in [0.15, 0.2) is 12.3 Å². The number of aromatic nitrogens is 2. The van der Waals surface area contributed by atoms with Crippen molar-refractivity contribution in [2.45, 2.75) is 38.6 Å². The first-order valence-corrected chi connectivity index (χ1v) is 6.11. The lowest BCUT2D eigenvalue weighted by atomic mass is 9.92. The van der Waals surface area contributed by atoms with Gasteiger partial charge >= 0.3 is 0 Å². The molecule has 0 aliphatic heterocycles. The zero-order chi connectivity index (χ0) is 11.4. The Balaban J connectivity index is 2.02. The molecule has 4 heteroatoms. The first kappa shape index (κ1) is 11.2. The molecule has 88 valence electrons.